The van der Waals surface area contributed by atoms with Crippen molar-refractivity contribution in [1.82, 2.24) is 15.0 Å². The quantitative estimate of drug-likeness (QED) is 0.659. The van der Waals surface area contributed by atoms with E-state index < -0.39 is 6.67 Å². The molecule has 12 heavy (non-hydrogen) atoms. The van der Waals surface area contributed by atoms with Crippen molar-refractivity contribution in [2.45, 2.75) is 19.4 Å². The van der Waals surface area contributed by atoms with Gasteiger partial charge in [0.05, 0.1) is 12.2 Å². The van der Waals surface area contributed by atoms with E-state index in [0.717, 1.165) is 18.5 Å². The van der Waals surface area contributed by atoms with E-state index in [1.165, 1.54) is 4.68 Å². The molecule has 5 heteroatoms. The first-order valence-electron chi connectivity index (χ1n) is 3.87. The SMILES string of the molecule is FCCn1cc(CCCCl)nn1. The van der Waals surface area contributed by atoms with Gasteiger partial charge in [-0.15, -0.1) is 16.7 Å². The van der Waals surface area contributed by atoms with Crippen molar-refractivity contribution >= 4 is 11.6 Å². The van der Waals surface area contributed by atoms with E-state index >= 15 is 0 Å². The molecule has 3 nitrogen and oxygen atoms in total. The summed E-state index contributed by atoms with van der Waals surface area (Å²) in [6, 6.07) is 0. The van der Waals surface area contributed by atoms with Gasteiger partial charge < -0.3 is 0 Å². The second-order valence-electron chi connectivity index (χ2n) is 2.45. The molecule has 0 bridgehead atoms. The Balaban J connectivity index is 2.41. The van der Waals surface area contributed by atoms with E-state index in [0.29, 0.717) is 5.88 Å². The van der Waals surface area contributed by atoms with E-state index in [9.17, 15) is 4.39 Å². The van der Waals surface area contributed by atoms with Crippen LogP contribution in [0.3, 0.4) is 0 Å². The van der Waals surface area contributed by atoms with E-state index in [1.807, 2.05) is 0 Å². The zero-order valence-corrected chi connectivity index (χ0v) is 7.47. The van der Waals surface area contributed by atoms with Gasteiger partial charge in [-0.1, -0.05) is 5.21 Å². The van der Waals surface area contributed by atoms with Gasteiger partial charge in [0.1, 0.15) is 6.67 Å². The van der Waals surface area contributed by atoms with Crippen molar-refractivity contribution < 1.29 is 4.39 Å². The summed E-state index contributed by atoms with van der Waals surface area (Å²) in [6.07, 6.45) is 3.46. The van der Waals surface area contributed by atoms with Crippen LogP contribution in [0.1, 0.15) is 12.1 Å². The Kier molecular flexibility index (Phi) is 4.00. The number of nitrogens with zero attached hydrogens (tertiary/aromatic N) is 3. The molecule has 1 aromatic rings. The van der Waals surface area contributed by atoms with E-state index in [-0.39, 0.29) is 6.54 Å². The Morgan fingerprint density at radius 2 is 2.42 bits per heavy atom. The van der Waals surface area contributed by atoms with Crippen LogP contribution in [0.2, 0.25) is 0 Å². The molecule has 0 saturated carbocycles. The van der Waals surface area contributed by atoms with Gasteiger partial charge in [-0.2, -0.15) is 0 Å². The summed E-state index contributed by atoms with van der Waals surface area (Å²) >= 11 is 5.50. The summed E-state index contributed by atoms with van der Waals surface area (Å²) in [5.41, 5.74) is 0.879. The van der Waals surface area contributed by atoms with Crippen LogP contribution in [-0.2, 0) is 13.0 Å². The van der Waals surface area contributed by atoms with Gasteiger partial charge in [0.25, 0.3) is 0 Å². The van der Waals surface area contributed by atoms with Crippen molar-refractivity contribution in [2.75, 3.05) is 12.6 Å². The monoisotopic (exact) mass is 191 g/mol. The molecule has 1 aromatic heterocycles. The highest BCUT2D eigenvalue weighted by molar-refractivity contribution is 6.17. The number of aromatic nitrogens is 3. The lowest BCUT2D eigenvalue weighted by atomic mass is 10.3. The lowest BCUT2D eigenvalue weighted by Gasteiger charge is -1.91. The molecule has 0 saturated heterocycles. The molecule has 68 valence electrons. The maximum absolute atomic E-state index is 11.8. The summed E-state index contributed by atoms with van der Waals surface area (Å²) in [5, 5.41) is 7.60. The van der Waals surface area contributed by atoms with E-state index in [4.69, 9.17) is 11.6 Å². The molecule has 0 aliphatic rings. The molecule has 0 atom stereocenters. The number of halogens is 2. The Morgan fingerprint density at radius 3 is 3.08 bits per heavy atom. The zero-order valence-electron chi connectivity index (χ0n) is 6.71. The fourth-order valence-corrected chi connectivity index (χ4v) is 1.03. The Morgan fingerprint density at radius 1 is 1.58 bits per heavy atom. The van der Waals surface area contributed by atoms with Gasteiger partial charge in [-0.05, 0) is 12.8 Å². The molecular formula is C7H11ClFN3. The molecule has 0 amide bonds. The highest BCUT2D eigenvalue weighted by atomic mass is 35.5. The van der Waals surface area contributed by atoms with Crippen LogP contribution in [0, 0.1) is 0 Å². The van der Waals surface area contributed by atoms with Gasteiger partial charge in [-0.3, -0.25) is 0 Å². The molecule has 0 aromatic carbocycles. The van der Waals surface area contributed by atoms with Crippen molar-refractivity contribution in [3.63, 3.8) is 0 Å². The van der Waals surface area contributed by atoms with Gasteiger partial charge in [0.15, 0.2) is 0 Å². The third-order valence-corrected chi connectivity index (χ3v) is 1.73. The highest BCUT2D eigenvalue weighted by Crippen LogP contribution is 1.98. The van der Waals surface area contributed by atoms with Crippen molar-refractivity contribution in [2.24, 2.45) is 0 Å². The first kappa shape index (κ1) is 9.45. The molecule has 0 aliphatic carbocycles. The zero-order chi connectivity index (χ0) is 8.81. The number of rotatable bonds is 5. The summed E-state index contributed by atoms with van der Waals surface area (Å²) in [5.74, 6) is 0.621. The molecule has 0 N–H and O–H groups in total. The normalized spacial score (nSPS) is 10.5. The van der Waals surface area contributed by atoms with Crippen LogP contribution in [0.5, 0.6) is 0 Å². The van der Waals surface area contributed by atoms with Crippen molar-refractivity contribution in [1.29, 1.82) is 0 Å². The van der Waals surface area contributed by atoms with Crippen LogP contribution in [0.25, 0.3) is 0 Å². The van der Waals surface area contributed by atoms with Gasteiger partial charge in [0, 0.05) is 12.1 Å². The molecule has 0 radical (unpaired) electrons. The number of aryl methyl sites for hydroxylation is 2. The predicted octanol–water partition coefficient (Wildman–Crippen LogP) is 1.42. The van der Waals surface area contributed by atoms with Crippen LogP contribution in [0.15, 0.2) is 6.20 Å². The van der Waals surface area contributed by atoms with Crippen LogP contribution < -0.4 is 0 Å². The molecular weight excluding hydrogens is 181 g/mol. The second-order valence-corrected chi connectivity index (χ2v) is 2.83. The van der Waals surface area contributed by atoms with Gasteiger partial charge >= 0.3 is 0 Å². The Labute approximate surface area is 75.5 Å². The Bertz CT molecular complexity index is 226. The minimum atomic E-state index is -0.404. The molecule has 0 spiro atoms. The minimum Gasteiger partial charge on any atom is -0.250 e. The molecule has 1 heterocycles. The minimum absolute atomic E-state index is 0.286. The average Bonchev–Trinajstić information content (AvgIpc) is 2.50. The van der Waals surface area contributed by atoms with Crippen molar-refractivity contribution in [3.8, 4) is 0 Å². The maximum Gasteiger partial charge on any atom is 0.109 e. The third-order valence-electron chi connectivity index (χ3n) is 1.47. The van der Waals surface area contributed by atoms with Crippen molar-refractivity contribution in [3.05, 3.63) is 11.9 Å². The number of hydrogen-bond donors (Lipinski definition) is 0. The van der Waals surface area contributed by atoms with Gasteiger partial charge in [-0.25, -0.2) is 9.07 Å². The summed E-state index contributed by atoms with van der Waals surface area (Å²) < 4.78 is 13.3. The largest absolute Gasteiger partial charge is 0.250 e. The Hall–Kier alpha value is -0.640. The summed E-state index contributed by atoms with van der Waals surface area (Å²) in [7, 11) is 0. The number of hydrogen-bond acceptors (Lipinski definition) is 2. The topological polar surface area (TPSA) is 30.7 Å². The van der Waals surface area contributed by atoms with Gasteiger partial charge in [0.2, 0.25) is 0 Å². The fourth-order valence-electron chi connectivity index (χ4n) is 0.897. The standard InChI is InChI=1S/C7H11ClFN3/c8-3-1-2-7-6-12(5-4-9)11-10-7/h6H,1-5H2. The lowest BCUT2D eigenvalue weighted by Crippen LogP contribution is -1.99. The molecule has 0 unspecified atom stereocenters. The lowest BCUT2D eigenvalue weighted by molar-refractivity contribution is 0.422. The smallest absolute Gasteiger partial charge is 0.109 e. The third kappa shape index (κ3) is 2.77. The summed E-state index contributed by atoms with van der Waals surface area (Å²) in [6.45, 7) is -0.119. The van der Waals surface area contributed by atoms with E-state index in [2.05, 4.69) is 10.3 Å². The van der Waals surface area contributed by atoms with Crippen LogP contribution in [-0.4, -0.2) is 27.5 Å². The predicted molar refractivity (Wildman–Crippen MR) is 45.0 cm³/mol. The highest BCUT2D eigenvalue weighted by Gasteiger charge is 1.99. The second kappa shape index (κ2) is 5.09. The van der Waals surface area contributed by atoms with Crippen LogP contribution in [0.4, 0.5) is 4.39 Å². The first-order chi connectivity index (χ1) is 5.86. The maximum atomic E-state index is 11.8. The number of alkyl halides is 2. The first-order valence-corrected chi connectivity index (χ1v) is 4.41. The molecule has 0 fully saturated rings. The molecule has 1 rings (SSSR count). The fraction of sp³-hybridized carbons (Fsp3) is 0.714. The van der Waals surface area contributed by atoms with Crippen LogP contribution >= 0.6 is 11.6 Å². The molecule has 0 aliphatic heterocycles. The summed E-state index contributed by atoms with van der Waals surface area (Å²) in [4.78, 5) is 0. The van der Waals surface area contributed by atoms with E-state index in [1.54, 1.807) is 6.20 Å². The average molecular weight is 192 g/mol.